The van der Waals surface area contributed by atoms with Crippen molar-refractivity contribution < 1.29 is 9.90 Å². The number of aliphatic imine (C=N–C) groups is 1. The summed E-state index contributed by atoms with van der Waals surface area (Å²) in [4.78, 5) is 15.2. The van der Waals surface area contributed by atoms with Gasteiger partial charge in [-0.1, -0.05) is 65.7 Å². The fraction of sp³-hybridized carbons (Fsp3) is 0.882. The maximum Gasteiger partial charge on any atom is 0.328 e. The minimum absolute atomic E-state index is 0.372. The van der Waals surface area contributed by atoms with Crippen LogP contribution in [0.4, 0.5) is 0 Å². The Balaban J connectivity index is 3.56. The number of carbonyl (C=O) groups is 1. The average Bonchev–Trinajstić information content (AvgIpc) is 2.39. The number of hydrogen-bond acceptors (Lipinski definition) is 2. The summed E-state index contributed by atoms with van der Waals surface area (Å²) in [6.45, 7) is 6.30. The van der Waals surface area contributed by atoms with Crippen LogP contribution in [-0.2, 0) is 4.79 Å². The first-order chi connectivity index (χ1) is 9.57. The first kappa shape index (κ1) is 19.1. The molecular formula is C17H33NO2. The third-order valence-corrected chi connectivity index (χ3v) is 3.45. The van der Waals surface area contributed by atoms with Crippen LogP contribution in [0.2, 0.25) is 0 Å². The van der Waals surface area contributed by atoms with Gasteiger partial charge in [-0.05, 0) is 31.4 Å². The predicted molar refractivity (Wildman–Crippen MR) is 86.6 cm³/mol. The number of nitrogens with zero attached hydrogens (tertiary/aromatic N) is 1. The van der Waals surface area contributed by atoms with Crippen LogP contribution < -0.4 is 0 Å². The minimum Gasteiger partial charge on any atom is -0.480 e. The first-order valence-corrected chi connectivity index (χ1v) is 8.32. The molecule has 118 valence electrons. The molecule has 0 aromatic heterocycles. The SMILES string of the molecule is CCCCCCCCCCC=N[C@@H](CC(C)C)C(=O)O. The van der Waals surface area contributed by atoms with Crippen LogP contribution in [0.15, 0.2) is 4.99 Å². The van der Waals surface area contributed by atoms with Crippen molar-refractivity contribution in [1.29, 1.82) is 0 Å². The lowest BCUT2D eigenvalue weighted by molar-refractivity contribution is -0.138. The van der Waals surface area contributed by atoms with Gasteiger partial charge in [0.05, 0.1) is 0 Å². The molecule has 20 heavy (non-hydrogen) atoms. The lowest BCUT2D eigenvalue weighted by Gasteiger charge is -2.09. The molecule has 0 aliphatic rings. The molecule has 0 fully saturated rings. The Bertz CT molecular complexity index is 262. The van der Waals surface area contributed by atoms with E-state index >= 15 is 0 Å². The third kappa shape index (κ3) is 12.2. The summed E-state index contributed by atoms with van der Waals surface area (Å²) in [5.41, 5.74) is 0. The molecule has 0 radical (unpaired) electrons. The van der Waals surface area contributed by atoms with Crippen molar-refractivity contribution >= 4 is 12.2 Å². The van der Waals surface area contributed by atoms with Gasteiger partial charge in [-0.2, -0.15) is 0 Å². The second kappa shape index (κ2) is 13.1. The largest absolute Gasteiger partial charge is 0.480 e. The van der Waals surface area contributed by atoms with Crippen molar-refractivity contribution in [3.63, 3.8) is 0 Å². The molecule has 0 heterocycles. The molecule has 0 spiro atoms. The number of aliphatic carboxylic acids is 1. The fourth-order valence-corrected chi connectivity index (χ4v) is 2.24. The average molecular weight is 283 g/mol. The van der Waals surface area contributed by atoms with Gasteiger partial charge in [-0.3, -0.25) is 4.99 Å². The van der Waals surface area contributed by atoms with E-state index in [1.165, 1.54) is 44.9 Å². The number of carboxylic acid groups (broad SMARTS) is 1. The van der Waals surface area contributed by atoms with Crippen LogP contribution in [-0.4, -0.2) is 23.3 Å². The molecule has 0 saturated carbocycles. The van der Waals surface area contributed by atoms with Gasteiger partial charge in [-0.15, -0.1) is 0 Å². The molecular weight excluding hydrogens is 250 g/mol. The molecule has 1 atom stereocenters. The van der Waals surface area contributed by atoms with E-state index in [4.69, 9.17) is 5.11 Å². The predicted octanol–water partition coefficient (Wildman–Crippen LogP) is 5.09. The highest BCUT2D eigenvalue weighted by molar-refractivity contribution is 5.76. The van der Waals surface area contributed by atoms with Gasteiger partial charge in [0, 0.05) is 0 Å². The molecule has 0 aliphatic heterocycles. The van der Waals surface area contributed by atoms with Gasteiger partial charge >= 0.3 is 5.97 Å². The Morgan fingerprint density at radius 3 is 2.10 bits per heavy atom. The summed E-state index contributed by atoms with van der Waals surface area (Å²) in [5.74, 6) is -0.428. The van der Waals surface area contributed by atoms with E-state index < -0.39 is 12.0 Å². The molecule has 0 rings (SSSR count). The highest BCUT2D eigenvalue weighted by Gasteiger charge is 2.16. The second-order valence-corrected chi connectivity index (χ2v) is 6.08. The van der Waals surface area contributed by atoms with Crippen molar-refractivity contribution in [2.45, 2.75) is 91.0 Å². The van der Waals surface area contributed by atoms with Crippen LogP contribution in [0.25, 0.3) is 0 Å². The van der Waals surface area contributed by atoms with Crippen LogP contribution in [0, 0.1) is 5.92 Å². The molecule has 0 aromatic carbocycles. The zero-order valence-corrected chi connectivity index (χ0v) is 13.6. The molecule has 0 bridgehead atoms. The van der Waals surface area contributed by atoms with Crippen molar-refractivity contribution in [2.24, 2.45) is 10.9 Å². The molecule has 0 saturated heterocycles. The monoisotopic (exact) mass is 283 g/mol. The highest BCUT2D eigenvalue weighted by Crippen LogP contribution is 2.10. The fourth-order valence-electron chi connectivity index (χ4n) is 2.24. The van der Waals surface area contributed by atoms with Crippen molar-refractivity contribution in [2.75, 3.05) is 0 Å². The summed E-state index contributed by atoms with van der Waals surface area (Å²) in [6.07, 6.45) is 13.7. The highest BCUT2D eigenvalue weighted by atomic mass is 16.4. The quantitative estimate of drug-likeness (QED) is 0.378. The molecule has 3 heteroatoms. The van der Waals surface area contributed by atoms with Gasteiger partial charge in [0.1, 0.15) is 6.04 Å². The Hall–Kier alpha value is -0.860. The van der Waals surface area contributed by atoms with E-state index in [1.807, 2.05) is 20.1 Å². The topological polar surface area (TPSA) is 49.7 Å². The smallest absolute Gasteiger partial charge is 0.328 e. The molecule has 0 unspecified atom stereocenters. The zero-order chi connectivity index (χ0) is 15.2. The van der Waals surface area contributed by atoms with E-state index in [-0.39, 0.29) is 0 Å². The van der Waals surface area contributed by atoms with Crippen LogP contribution in [0.5, 0.6) is 0 Å². The lowest BCUT2D eigenvalue weighted by Crippen LogP contribution is -2.20. The van der Waals surface area contributed by atoms with E-state index in [0.717, 1.165) is 12.8 Å². The number of carboxylic acids is 1. The lowest BCUT2D eigenvalue weighted by atomic mass is 10.0. The Labute approximate surface area is 124 Å². The van der Waals surface area contributed by atoms with E-state index in [1.54, 1.807) is 0 Å². The molecule has 0 aromatic rings. The third-order valence-electron chi connectivity index (χ3n) is 3.45. The van der Waals surface area contributed by atoms with Gasteiger partial charge in [0.25, 0.3) is 0 Å². The van der Waals surface area contributed by atoms with E-state index in [0.29, 0.717) is 12.3 Å². The van der Waals surface area contributed by atoms with Crippen molar-refractivity contribution in [3.05, 3.63) is 0 Å². The summed E-state index contributed by atoms with van der Waals surface area (Å²) in [5, 5.41) is 9.05. The van der Waals surface area contributed by atoms with Gasteiger partial charge < -0.3 is 5.11 Å². The summed E-state index contributed by atoms with van der Waals surface area (Å²) < 4.78 is 0. The Kier molecular flexibility index (Phi) is 12.6. The number of rotatable bonds is 13. The van der Waals surface area contributed by atoms with Crippen LogP contribution in [0.1, 0.15) is 85.0 Å². The van der Waals surface area contributed by atoms with Crippen molar-refractivity contribution in [1.82, 2.24) is 0 Å². The Morgan fingerprint density at radius 2 is 1.60 bits per heavy atom. The van der Waals surface area contributed by atoms with Crippen LogP contribution in [0.3, 0.4) is 0 Å². The maximum absolute atomic E-state index is 11.0. The molecule has 0 amide bonds. The minimum atomic E-state index is -0.800. The van der Waals surface area contributed by atoms with Crippen molar-refractivity contribution in [3.8, 4) is 0 Å². The first-order valence-electron chi connectivity index (χ1n) is 8.32. The normalized spacial score (nSPS) is 13.2. The van der Waals surface area contributed by atoms with E-state index in [2.05, 4.69) is 11.9 Å². The van der Waals surface area contributed by atoms with Gasteiger partial charge in [-0.25, -0.2) is 4.79 Å². The standard InChI is InChI=1S/C17H33NO2/c1-4-5-6-7-8-9-10-11-12-13-18-16(17(19)20)14-15(2)3/h13,15-16H,4-12,14H2,1-3H3,(H,19,20)/t16-/m0/s1. The number of unbranched alkanes of at least 4 members (excludes halogenated alkanes) is 8. The molecule has 1 N–H and O–H groups in total. The van der Waals surface area contributed by atoms with Gasteiger partial charge in [0.15, 0.2) is 0 Å². The Morgan fingerprint density at radius 1 is 1.05 bits per heavy atom. The van der Waals surface area contributed by atoms with Crippen LogP contribution >= 0.6 is 0 Å². The van der Waals surface area contributed by atoms with E-state index in [9.17, 15) is 4.79 Å². The maximum atomic E-state index is 11.0. The summed E-state index contributed by atoms with van der Waals surface area (Å²) in [7, 11) is 0. The number of hydrogen-bond donors (Lipinski definition) is 1. The zero-order valence-electron chi connectivity index (χ0n) is 13.6. The molecule has 0 aliphatic carbocycles. The summed E-state index contributed by atoms with van der Waals surface area (Å²) >= 11 is 0. The summed E-state index contributed by atoms with van der Waals surface area (Å²) in [6, 6.07) is -0.552. The molecule has 3 nitrogen and oxygen atoms in total. The second-order valence-electron chi connectivity index (χ2n) is 6.08. The van der Waals surface area contributed by atoms with Gasteiger partial charge in [0.2, 0.25) is 0 Å².